The second-order valence-corrected chi connectivity index (χ2v) is 8.24. The lowest BCUT2D eigenvalue weighted by molar-refractivity contribution is -0.139. The molecule has 0 saturated carbocycles. The number of hydrogen-bond donors (Lipinski definition) is 2. The Kier molecular flexibility index (Phi) is 8.19. The van der Waals surface area contributed by atoms with E-state index < -0.39 is 12.0 Å². The van der Waals surface area contributed by atoms with E-state index in [1.165, 1.54) is 11.8 Å². The number of hydrogen-bond acceptors (Lipinski definition) is 7. The molecule has 32 heavy (non-hydrogen) atoms. The van der Waals surface area contributed by atoms with Gasteiger partial charge in [0.25, 0.3) is 0 Å². The number of rotatable bonds is 7. The molecule has 0 bridgehead atoms. The fourth-order valence-corrected chi connectivity index (χ4v) is 3.98. The molecule has 7 nitrogen and oxygen atoms in total. The summed E-state index contributed by atoms with van der Waals surface area (Å²) in [5.41, 5.74) is 2.51. The number of methoxy groups -OCH3 is 1. The van der Waals surface area contributed by atoms with E-state index in [2.05, 4.69) is 15.6 Å². The minimum atomic E-state index is -0.559. The summed E-state index contributed by atoms with van der Waals surface area (Å²) in [6.45, 7) is 3.81. The quantitative estimate of drug-likeness (QED) is 0.573. The third kappa shape index (κ3) is 6.05. The highest BCUT2D eigenvalue weighted by Crippen LogP contribution is 2.33. The van der Waals surface area contributed by atoms with Gasteiger partial charge in [0.2, 0.25) is 5.91 Å². The van der Waals surface area contributed by atoms with Gasteiger partial charge in [0.05, 0.1) is 25.0 Å². The van der Waals surface area contributed by atoms with Crippen LogP contribution in [0.15, 0.2) is 64.8 Å². The molecule has 2 aromatic rings. The van der Waals surface area contributed by atoms with Crippen LogP contribution in [-0.4, -0.2) is 36.5 Å². The second kappa shape index (κ2) is 11.1. The number of amides is 1. The van der Waals surface area contributed by atoms with Crippen LogP contribution in [0.4, 0.5) is 5.69 Å². The molecular formula is C23H24ClN3O4S. The first-order chi connectivity index (χ1) is 15.4. The van der Waals surface area contributed by atoms with Crippen LogP contribution in [0.5, 0.6) is 5.75 Å². The minimum Gasteiger partial charge on any atom is -0.497 e. The van der Waals surface area contributed by atoms with Gasteiger partial charge in [-0.25, -0.2) is 9.79 Å². The summed E-state index contributed by atoms with van der Waals surface area (Å²) in [7, 11) is 1.57. The van der Waals surface area contributed by atoms with E-state index in [4.69, 9.17) is 21.1 Å². The molecule has 2 N–H and O–H groups in total. The smallest absolute Gasteiger partial charge is 0.338 e. The molecule has 0 saturated heterocycles. The maximum atomic E-state index is 12.6. The molecule has 1 aliphatic heterocycles. The van der Waals surface area contributed by atoms with E-state index in [-0.39, 0.29) is 18.3 Å². The zero-order valence-corrected chi connectivity index (χ0v) is 19.5. The van der Waals surface area contributed by atoms with Crippen molar-refractivity contribution < 1.29 is 19.1 Å². The first-order valence-corrected chi connectivity index (χ1v) is 11.3. The SMILES string of the molecule is CCOC(=O)C1=C(C)NC(SCC(=O)Nc2cccc(OC)c2)=N[C@@H]1c1ccc(Cl)cc1. The van der Waals surface area contributed by atoms with Crippen LogP contribution in [-0.2, 0) is 14.3 Å². The summed E-state index contributed by atoms with van der Waals surface area (Å²) in [5, 5.41) is 7.09. The molecule has 1 aliphatic rings. The minimum absolute atomic E-state index is 0.137. The van der Waals surface area contributed by atoms with Crippen LogP contribution in [0, 0.1) is 0 Å². The first-order valence-electron chi connectivity index (χ1n) is 9.96. The van der Waals surface area contributed by atoms with E-state index in [1.54, 1.807) is 57.4 Å². The zero-order chi connectivity index (χ0) is 23.1. The number of allylic oxidation sites excluding steroid dienone is 1. The van der Waals surface area contributed by atoms with Crippen molar-refractivity contribution in [1.82, 2.24) is 5.32 Å². The van der Waals surface area contributed by atoms with Crippen LogP contribution in [0.1, 0.15) is 25.5 Å². The maximum Gasteiger partial charge on any atom is 0.338 e. The van der Waals surface area contributed by atoms with E-state index >= 15 is 0 Å². The molecule has 0 unspecified atom stereocenters. The molecule has 168 valence electrons. The normalized spacial score (nSPS) is 15.5. The number of ether oxygens (including phenoxy) is 2. The van der Waals surface area contributed by atoms with E-state index in [0.717, 1.165) is 5.56 Å². The van der Waals surface area contributed by atoms with Crippen LogP contribution in [0.3, 0.4) is 0 Å². The average molecular weight is 474 g/mol. The molecule has 0 aliphatic carbocycles. The fourth-order valence-electron chi connectivity index (χ4n) is 3.11. The number of esters is 1. The largest absolute Gasteiger partial charge is 0.497 e. The lowest BCUT2D eigenvalue weighted by atomic mass is 9.97. The van der Waals surface area contributed by atoms with Crippen molar-refractivity contribution >= 4 is 46.1 Å². The summed E-state index contributed by atoms with van der Waals surface area (Å²) in [6, 6.07) is 13.7. The lowest BCUT2D eigenvalue weighted by Crippen LogP contribution is -2.31. The Hall–Kier alpha value is -2.97. The van der Waals surface area contributed by atoms with Crippen LogP contribution in [0.2, 0.25) is 5.02 Å². The van der Waals surface area contributed by atoms with Crippen molar-refractivity contribution in [3.8, 4) is 5.75 Å². The van der Waals surface area contributed by atoms with Gasteiger partial charge >= 0.3 is 5.97 Å². The van der Waals surface area contributed by atoms with Gasteiger partial charge in [0, 0.05) is 22.5 Å². The standard InChI is InChI=1S/C23H24ClN3O4S/c1-4-31-22(29)20-14(2)25-23(27-21(20)15-8-10-16(24)11-9-15)32-13-19(28)26-17-6-5-7-18(12-17)30-3/h5-12,21H,4,13H2,1-3H3,(H,25,27)(H,26,28)/t21-/m1/s1. The Morgan fingerprint density at radius 2 is 1.97 bits per heavy atom. The second-order valence-electron chi connectivity index (χ2n) is 6.84. The summed E-state index contributed by atoms with van der Waals surface area (Å²) < 4.78 is 10.4. The van der Waals surface area contributed by atoms with Crippen LogP contribution in [0.25, 0.3) is 0 Å². The van der Waals surface area contributed by atoms with Crippen molar-refractivity contribution in [2.24, 2.45) is 4.99 Å². The van der Waals surface area contributed by atoms with Crippen LogP contribution < -0.4 is 15.4 Å². The van der Waals surface area contributed by atoms with Crippen molar-refractivity contribution in [3.05, 3.63) is 70.4 Å². The average Bonchev–Trinajstić information content (AvgIpc) is 2.78. The highest BCUT2D eigenvalue weighted by Gasteiger charge is 2.30. The number of nitrogens with one attached hydrogen (secondary N) is 2. The number of amidine groups is 1. The molecule has 0 spiro atoms. The summed E-state index contributed by atoms with van der Waals surface area (Å²) in [5.74, 6) is 0.180. The summed E-state index contributed by atoms with van der Waals surface area (Å²) in [6.07, 6.45) is 0. The molecule has 3 rings (SSSR count). The number of halogens is 1. The summed E-state index contributed by atoms with van der Waals surface area (Å²) >= 11 is 7.27. The number of anilines is 1. The van der Waals surface area contributed by atoms with Crippen molar-refractivity contribution in [2.45, 2.75) is 19.9 Å². The molecule has 0 aromatic heterocycles. The van der Waals surface area contributed by atoms with Crippen molar-refractivity contribution in [2.75, 3.05) is 24.8 Å². The van der Waals surface area contributed by atoms with Crippen LogP contribution >= 0.6 is 23.4 Å². The Morgan fingerprint density at radius 1 is 1.22 bits per heavy atom. The van der Waals surface area contributed by atoms with Gasteiger partial charge in [-0.15, -0.1) is 0 Å². The zero-order valence-electron chi connectivity index (χ0n) is 18.0. The van der Waals surface area contributed by atoms with Crippen molar-refractivity contribution in [3.63, 3.8) is 0 Å². The van der Waals surface area contributed by atoms with Gasteiger partial charge in [-0.1, -0.05) is 41.6 Å². The highest BCUT2D eigenvalue weighted by atomic mass is 35.5. The van der Waals surface area contributed by atoms with Gasteiger partial charge in [-0.2, -0.15) is 0 Å². The molecule has 1 heterocycles. The fraction of sp³-hybridized carbons (Fsp3) is 0.261. The third-order valence-corrected chi connectivity index (χ3v) is 5.73. The van der Waals surface area contributed by atoms with Gasteiger partial charge in [0.15, 0.2) is 5.17 Å². The van der Waals surface area contributed by atoms with Gasteiger partial charge in [-0.3, -0.25) is 4.79 Å². The number of carbonyl (C=O) groups excluding carboxylic acids is 2. The maximum absolute atomic E-state index is 12.6. The third-order valence-electron chi connectivity index (χ3n) is 4.59. The summed E-state index contributed by atoms with van der Waals surface area (Å²) in [4.78, 5) is 29.7. The predicted octanol–water partition coefficient (Wildman–Crippen LogP) is 4.56. The van der Waals surface area contributed by atoms with E-state index in [0.29, 0.717) is 32.9 Å². The predicted molar refractivity (Wildman–Crippen MR) is 128 cm³/mol. The Bertz CT molecular complexity index is 1050. The molecule has 0 fully saturated rings. The van der Waals surface area contributed by atoms with E-state index in [9.17, 15) is 9.59 Å². The van der Waals surface area contributed by atoms with Gasteiger partial charge in [-0.05, 0) is 43.7 Å². The molecule has 9 heteroatoms. The Labute approximate surface area is 196 Å². The van der Waals surface area contributed by atoms with Gasteiger partial charge in [0.1, 0.15) is 11.8 Å². The lowest BCUT2D eigenvalue weighted by Gasteiger charge is -2.25. The Balaban J connectivity index is 1.75. The topological polar surface area (TPSA) is 89.0 Å². The number of aliphatic imine (C=N–C) groups is 1. The molecule has 2 aromatic carbocycles. The molecular weight excluding hydrogens is 450 g/mol. The van der Waals surface area contributed by atoms with E-state index in [1.807, 2.05) is 12.1 Å². The molecule has 0 radical (unpaired) electrons. The number of carbonyl (C=O) groups is 2. The first kappa shape index (κ1) is 23.7. The highest BCUT2D eigenvalue weighted by molar-refractivity contribution is 8.14. The Morgan fingerprint density at radius 3 is 2.66 bits per heavy atom. The van der Waals surface area contributed by atoms with Crippen molar-refractivity contribution in [1.29, 1.82) is 0 Å². The number of benzene rings is 2. The number of thioether (sulfide) groups is 1. The molecule has 1 amide bonds. The molecule has 1 atom stereocenters. The van der Waals surface area contributed by atoms with Gasteiger partial charge < -0.3 is 20.1 Å². The number of nitrogens with zero attached hydrogens (tertiary/aromatic N) is 1. The monoisotopic (exact) mass is 473 g/mol.